The Labute approximate surface area is 165 Å². The summed E-state index contributed by atoms with van der Waals surface area (Å²) in [7, 11) is 1.66. The van der Waals surface area contributed by atoms with Gasteiger partial charge in [-0.2, -0.15) is 0 Å². The minimum atomic E-state index is 0.0691. The molecule has 0 heterocycles. The minimum Gasteiger partial charge on any atom is -0.394 e. The lowest BCUT2D eigenvalue weighted by Gasteiger charge is -2.05. The van der Waals surface area contributed by atoms with Crippen LogP contribution in [0.5, 0.6) is 0 Å². The number of hydrogen-bond donors (Lipinski definition) is 1. The van der Waals surface area contributed by atoms with Crippen LogP contribution in [0.3, 0.4) is 0 Å². The molecule has 1 N–H and O–H groups in total. The smallest absolute Gasteiger partial charge is 0.0701 e. The second-order valence-corrected chi connectivity index (χ2v) is 5.39. The van der Waals surface area contributed by atoms with E-state index in [0.717, 1.165) is 26.1 Å². The van der Waals surface area contributed by atoms with E-state index in [0.29, 0.717) is 72.7 Å². The molecule has 27 heavy (non-hydrogen) atoms. The molecule has 0 radical (unpaired) electrons. The van der Waals surface area contributed by atoms with Crippen molar-refractivity contribution in [3.8, 4) is 0 Å². The first kappa shape index (κ1) is 28.9. The Morgan fingerprint density at radius 2 is 0.741 bits per heavy atom. The summed E-state index contributed by atoms with van der Waals surface area (Å²) in [4.78, 5) is 0. The van der Waals surface area contributed by atoms with Crippen LogP contribution in [-0.4, -0.2) is 105 Å². The predicted molar refractivity (Wildman–Crippen MR) is 104 cm³/mol. The maximum atomic E-state index is 8.38. The van der Waals surface area contributed by atoms with Crippen LogP contribution in [0.15, 0.2) is 0 Å². The van der Waals surface area contributed by atoms with E-state index in [1.54, 1.807) is 7.11 Å². The summed E-state index contributed by atoms with van der Waals surface area (Å²) >= 11 is 0. The maximum absolute atomic E-state index is 8.38. The molecule has 0 aliphatic carbocycles. The average molecular weight is 399 g/mol. The Bertz CT molecular complexity index is 210. The van der Waals surface area contributed by atoms with Crippen molar-refractivity contribution >= 4 is 0 Å². The lowest BCUT2D eigenvalue weighted by Crippen LogP contribution is -2.11. The van der Waals surface area contributed by atoms with Crippen molar-refractivity contribution < 1.29 is 38.3 Å². The van der Waals surface area contributed by atoms with Gasteiger partial charge in [0.2, 0.25) is 0 Å². The molecule has 0 aromatic heterocycles. The summed E-state index contributed by atoms with van der Waals surface area (Å²) in [5.41, 5.74) is 0. The minimum absolute atomic E-state index is 0.0691. The van der Waals surface area contributed by atoms with Gasteiger partial charge in [-0.1, -0.05) is 13.8 Å². The molecule has 0 amide bonds. The molecule has 0 saturated heterocycles. The first-order valence-corrected chi connectivity index (χ1v) is 9.89. The highest BCUT2D eigenvalue weighted by atomic mass is 16.6. The largest absolute Gasteiger partial charge is 0.394 e. The van der Waals surface area contributed by atoms with Crippen LogP contribution in [0.4, 0.5) is 0 Å². The van der Waals surface area contributed by atoms with Crippen molar-refractivity contribution in [1.82, 2.24) is 0 Å². The van der Waals surface area contributed by atoms with Gasteiger partial charge in [0.1, 0.15) is 0 Å². The van der Waals surface area contributed by atoms with Crippen LogP contribution in [0, 0.1) is 0 Å². The Kier molecular flexibility index (Phi) is 32.5. The molecular formula is C19H42O8. The van der Waals surface area contributed by atoms with Crippen molar-refractivity contribution in [1.29, 1.82) is 0 Å². The summed E-state index contributed by atoms with van der Waals surface area (Å²) in [5.74, 6) is 0. The molecule has 0 aromatic rings. The zero-order chi connectivity index (χ0) is 20.3. The number of aliphatic hydroxyl groups excluding tert-OH is 1. The highest BCUT2D eigenvalue weighted by Crippen LogP contribution is 1.84. The Morgan fingerprint density at radius 3 is 1.04 bits per heavy atom. The van der Waals surface area contributed by atoms with Gasteiger partial charge in [0.05, 0.1) is 79.3 Å². The predicted octanol–water partition coefficient (Wildman–Crippen LogP) is 1.53. The molecule has 0 atom stereocenters. The Hall–Kier alpha value is -0.320. The van der Waals surface area contributed by atoms with E-state index >= 15 is 0 Å². The van der Waals surface area contributed by atoms with E-state index in [-0.39, 0.29) is 6.61 Å². The average Bonchev–Trinajstić information content (AvgIpc) is 2.69. The van der Waals surface area contributed by atoms with E-state index in [1.165, 1.54) is 0 Å². The van der Waals surface area contributed by atoms with E-state index in [4.69, 9.17) is 38.3 Å². The van der Waals surface area contributed by atoms with Gasteiger partial charge in [-0.25, -0.2) is 0 Å². The van der Waals surface area contributed by atoms with Crippen molar-refractivity contribution in [2.24, 2.45) is 0 Å². The van der Waals surface area contributed by atoms with E-state index in [9.17, 15) is 0 Å². The molecule has 0 fully saturated rings. The van der Waals surface area contributed by atoms with E-state index < -0.39 is 0 Å². The number of ether oxygens (including phenoxy) is 7. The molecule has 166 valence electrons. The molecular weight excluding hydrogens is 356 g/mol. The highest BCUT2D eigenvalue weighted by molar-refractivity contribution is 4.34. The first-order valence-electron chi connectivity index (χ1n) is 9.89. The van der Waals surface area contributed by atoms with Crippen LogP contribution in [0.25, 0.3) is 0 Å². The van der Waals surface area contributed by atoms with E-state index in [2.05, 4.69) is 13.8 Å². The van der Waals surface area contributed by atoms with Crippen LogP contribution >= 0.6 is 0 Å². The van der Waals surface area contributed by atoms with Crippen LogP contribution < -0.4 is 0 Å². The third-order valence-electron chi connectivity index (χ3n) is 2.85. The third-order valence-corrected chi connectivity index (χ3v) is 2.85. The molecule has 0 spiro atoms. The lowest BCUT2D eigenvalue weighted by atomic mass is 10.5. The number of methoxy groups -OCH3 is 1. The zero-order valence-corrected chi connectivity index (χ0v) is 17.6. The van der Waals surface area contributed by atoms with E-state index in [1.807, 2.05) is 0 Å². The fourth-order valence-corrected chi connectivity index (χ4v) is 1.58. The lowest BCUT2D eigenvalue weighted by molar-refractivity contribution is 0.00377. The monoisotopic (exact) mass is 398 g/mol. The summed E-state index contributed by atoms with van der Waals surface area (Å²) in [6.45, 7) is 12.4. The molecule has 0 saturated carbocycles. The fourth-order valence-electron chi connectivity index (χ4n) is 1.58. The van der Waals surface area contributed by atoms with Crippen LogP contribution in [-0.2, 0) is 33.2 Å². The third kappa shape index (κ3) is 33.7. The summed E-state index contributed by atoms with van der Waals surface area (Å²) in [6.07, 6.45) is 2.10. The zero-order valence-electron chi connectivity index (χ0n) is 17.6. The van der Waals surface area contributed by atoms with Crippen molar-refractivity contribution in [3.05, 3.63) is 0 Å². The molecule has 0 aliphatic rings. The molecule has 0 rings (SSSR count). The second kappa shape index (κ2) is 30.4. The van der Waals surface area contributed by atoms with Crippen molar-refractivity contribution in [2.75, 3.05) is 99.6 Å². The highest BCUT2D eigenvalue weighted by Gasteiger charge is 1.91. The fraction of sp³-hybridized carbons (Fsp3) is 1.00. The van der Waals surface area contributed by atoms with Gasteiger partial charge in [0, 0.05) is 20.3 Å². The van der Waals surface area contributed by atoms with Gasteiger partial charge in [0.15, 0.2) is 0 Å². The second-order valence-electron chi connectivity index (χ2n) is 5.39. The topological polar surface area (TPSA) is 84.8 Å². The van der Waals surface area contributed by atoms with Crippen LogP contribution in [0.1, 0.15) is 26.7 Å². The molecule has 8 heteroatoms. The van der Waals surface area contributed by atoms with Gasteiger partial charge in [-0.05, 0) is 12.8 Å². The Morgan fingerprint density at radius 1 is 0.444 bits per heavy atom. The number of hydrogen-bond acceptors (Lipinski definition) is 8. The maximum Gasteiger partial charge on any atom is 0.0701 e. The SMILES string of the molecule is CCCOCCOCCOCCO.CCCOCCOCCOCCOC. The molecule has 0 unspecified atom stereocenters. The molecule has 0 aliphatic heterocycles. The molecule has 0 aromatic carbocycles. The van der Waals surface area contributed by atoms with Gasteiger partial charge in [-0.15, -0.1) is 0 Å². The number of aliphatic hydroxyl groups is 1. The summed E-state index contributed by atoms with van der Waals surface area (Å²) in [5, 5.41) is 8.38. The summed E-state index contributed by atoms with van der Waals surface area (Å²) < 4.78 is 35.9. The number of rotatable bonds is 21. The molecule has 0 bridgehead atoms. The van der Waals surface area contributed by atoms with Gasteiger partial charge in [0.25, 0.3) is 0 Å². The van der Waals surface area contributed by atoms with Crippen LogP contribution in [0.2, 0.25) is 0 Å². The molecule has 8 nitrogen and oxygen atoms in total. The standard InChI is InChI=1S/C10H22O4.C9H20O4/c1-3-4-12-7-8-14-10-9-13-6-5-11-2;1-2-4-11-6-8-13-9-7-12-5-3-10/h3-10H2,1-2H3;10H,2-9H2,1H3. The Balaban J connectivity index is 0. The van der Waals surface area contributed by atoms with Gasteiger partial charge >= 0.3 is 0 Å². The van der Waals surface area contributed by atoms with Crippen molar-refractivity contribution in [2.45, 2.75) is 26.7 Å². The van der Waals surface area contributed by atoms with Crippen molar-refractivity contribution in [3.63, 3.8) is 0 Å². The van der Waals surface area contributed by atoms with Gasteiger partial charge < -0.3 is 38.3 Å². The summed E-state index contributed by atoms with van der Waals surface area (Å²) in [6, 6.07) is 0. The quantitative estimate of drug-likeness (QED) is 0.291. The van der Waals surface area contributed by atoms with Gasteiger partial charge in [-0.3, -0.25) is 0 Å². The first-order chi connectivity index (χ1) is 13.3. The normalized spacial score (nSPS) is 10.7.